The second-order valence-electron chi connectivity index (χ2n) is 6.17. The number of rotatable bonds is 7. The molecule has 0 bridgehead atoms. The van der Waals surface area contributed by atoms with Gasteiger partial charge in [0.25, 0.3) is 5.91 Å². The van der Waals surface area contributed by atoms with Crippen molar-refractivity contribution >= 4 is 28.2 Å². The zero-order chi connectivity index (χ0) is 17.8. The highest BCUT2D eigenvalue weighted by Crippen LogP contribution is 2.31. The molecule has 5 nitrogen and oxygen atoms in total. The van der Waals surface area contributed by atoms with Crippen LogP contribution in [0.15, 0.2) is 36.4 Å². The van der Waals surface area contributed by atoms with Crippen LogP contribution < -0.4 is 10.1 Å². The third-order valence-corrected chi connectivity index (χ3v) is 5.00. The van der Waals surface area contributed by atoms with E-state index in [0.29, 0.717) is 18.0 Å². The number of amides is 2. The highest BCUT2D eigenvalue weighted by Gasteiger charge is 2.30. The van der Waals surface area contributed by atoms with Crippen LogP contribution in [0.3, 0.4) is 0 Å². The molecule has 1 heterocycles. The lowest BCUT2D eigenvalue weighted by Crippen LogP contribution is -2.25. The minimum atomic E-state index is -0.0502. The Morgan fingerprint density at radius 2 is 1.92 bits per heavy atom. The van der Waals surface area contributed by atoms with E-state index in [0.717, 1.165) is 29.2 Å². The van der Waals surface area contributed by atoms with Crippen molar-refractivity contribution in [3.8, 4) is 5.75 Å². The second kappa shape index (κ2) is 7.70. The van der Waals surface area contributed by atoms with Gasteiger partial charge in [-0.3, -0.25) is 9.59 Å². The molecule has 0 spiro atoms. The molecule has 0 radical (unpaired) electrons. The van der Waals surface area contributed by atoms with Crippen LogP contribution in [-0.4, -0.2) is 30.4 Å². The first kappa shape index (κ1) is 17.5. The smallest absolute Gasteiger partial charge is 0.264 e. The molecule has 132 valence electrons. The van der Waals surface area contributed by atoms with Gasteiger partial charge in [0.1, 0.15) is 5.75 Å². The van der Waals surface area contributed by atoms with Crippen molar-refractivity contribution in [3.05, 3.63) is 46.8 Å². The molecule has 1 aliphatic carbocycles. The molecule has 6 heteroatoms. The summed E-state index contributed by atoms with van der Waals surface area (Å²) in [6.45, 7) is 3.10. The van der Waals surface area contributed by atoms with Crippen molar-refractivity contribution in [2.45, 2.75) is 26.3 Å². The first-order valence-electron chi connectivity index (χ1n) is 8.44. The van der Waals surface area contributed by atoms with E-state index < -0.39 is 0 Å². The average Bonchev–Trinajstić information content (AvgIpc) is 3.36. The highest BCUT2D eigenvalue weighted by atomic mass is 32.1. The first-order valence-corrected chi connectivity index (χ1v) is 9.26. The van der Waals surface area contributed by atoms with Crippen LogP contribution in [-0.2, 0) is 11.3 Å². The quantitative estimate of drug-likeness (QED) is 0.820. The van der Waals surface area contributed by atoms with Crippen LogP contribution in [0.2, 0.25) is 0 Å². The summed E-state index contributed by atoms with van der Waals surface area (Å²) in [6, 6.07) is 11.3. The number of carbonyl (C=O) groups is 2. The molecule has 1 aromatic heterocycles. The van der Waals surface area contributed by atoms with Crippen molar-refractivity contribution in [2.24, 2.45) is 5.92 Å². The van der Waals surface area contributed by atoms with Crippen LogP contribution in [0.5, 0.6) is 5.75 Å². The topological polar surface area (TPSA) is 58.6 Å². The number of hydrogen-bond donors (Lipinski definition) is 1. The molecule has 0 unspecified atom stereocenters. The minimum Gasteiger partial charge on any atom is -0.494 e. The van der Waals surface area contributed by atoms with Gasteiger partial charge in [-0.1, -0.05) is 12.1 Å². The fraction of sp³-hybridized carbons (Fsp3) is 0.368. The summed E-state index contributed by atoms with van der Waals surface area (Å²) < 4.78 is 5.42. The van der Waals surface area contributed by atoms with Gasteiger partial charge in [0.05, 0.1) is 16.5 Å². The molecule has 2 aromatic rings. The molecular formula is C19H22N2O3S. The van der Waals surface area contributed by atoms with Crippen LogP contribution in [0.1, 0.15) is 35.0 Å². The molecule has 3 rings (SSSR count). The van der Waals surface area contributed by atoms with Crippen LogP contribution in [0.25, 0.3) is 0 Å². The lowest BCUT2D eigenvalue weighted by Gasteiger charge is -2.16. The van der Waals surface area contributed by atoms with Gasteiger partial charge in [0.2, 0.25) is 5.91 Å². The van der Waals surface area contributed by atoms with Crippen LogP contribution in [0, 0.1) is 5.92 Å². The van der Waals surface area contributed by atoms with E-state index in [2.05, 4.69) is 5.32 Å². The number of hydrogen-bond acceptors (Lipinski definition) is 4. The van der Waals surface area contributed by atoms with Crippen molar-refractivity contribution in [3.63, 3.8) is 0 Å². The predicted octanol–water partition coefficient (Wildman–Crippen LogP) is 3.77. The summed E-state index contributed by atoms with van der Waals surface area (Å²) in [6.07, 6.45) is 1.93. The summed E-state index contributed by atoms with van der Waals surface area (Å²) in [4.78, 5) is 26.7. The molecule has 1 fully saturated rings. The SMILES string of the molecule is CCOc1ccc(CN(C)C(=O)c2ccc(NC(=O)C3CC3)s2)cc1. The maximum absolute atomic E-state index is 12.6. The molecule has 25 heavy (non-hydrogen) atoms. The van der Waals surface area contributed by atoms with Crippen molar-refractivity contribution in [1.29, 1.82) is 0 Å². The number of benzene rings is 1. The molecule has 2 amide bonds. The molecule has 1 saturated carbocycles. The zero-order valence-corrected chi connectivity index (χ0v) is 15.3. The van der Waals surface area contributed by atoms with E-state index in [9.17, 15) is 9.59 Å². The Hall–Kier alpha value is -2.34. The Bertz CT molecular complexity index is 750. The standard InChI is InChI=1S/C19H22N2O3S/c1-3-24-15-8-4-13(5-9-15)12-21(2)19(23)16-10-11-17(25-16)20-18(22)14-6-7-14/h4-5,8-11,14H,3,6-7,12H2,1-2H3,(H,20,22). The zero-order valence-electron chi connectivity index (χ0n) is 14.5. The van der Waals surface area contributed by atoms with Crippen molar-refractivity contribution in [2.75, 3.05) is 19.0 Å². The predicted molar refractivity (Wildman–Crippen MR) is 99.1 cm³/mol. The van der Waals surface area contributed by atoms with Crippen LogP contribution >= 0.6 is 11.3 Å². The molecule has 1 N–H and O–H groups in total. The van der Waals surface area contributed by atoms with E-state index in [1.54, 1.807) is 24.1 Å². The Labute approximate surface area is 151 Å². The molecule has 1 aromatic carbocycles. The lowest BCUT2D eigenvalue weighted by molar-refractivity contribution is -0.117. The van der Waals surface area contributed by atoms with Gasteiger partial charge in [-0.05, 0) is 49.6 Å². The third-order valence-electron chi connectivity index (χ3n) is 4.01. The van der Waals surface area contributed by atoms with E-state index in [1.165, 1.54) is 11.3 Å². The van der Waals surface area contributed by atoms with Gasteiger partial charge >= 0.3 is 0 Å². The van der Waals surface area contributed by atoms with Gasteiger partial charge in [0, 0.05) is 19.5 Å². The van der Waals surface area contributed by atoms with E-state index in [1.807, 2.05) is 31.2 Å². The normalized spacial score (nSPS) is 13.4. The molecule has 0 atom stereocenters. The number of anilines is 1. The Balaban J connectivity index is 1.58. The molecular weight excluding hydrogens is 336 g/mol. The van der Waals surface area contributed by atoms with Crippen molar-refractivity contribution < 1.29 is 14.3 Å². The van der Waals surface area contributed by atoms with Gasteiger partial charge < -0.3 is 15.0 Å². The fourth-order valence-corrected chi connectivity index (χ4v) is 3.38. The summed E-state index contributed by atoms with van der Waals surface area (Å²) in [7, 11) is 1.78. The molecule has 1 aliphatic rings. The van der Waals surface area contributed by atoms with Gasteiger partial charge in [-0.15, -0.1) is 11.3 Å². The Kier molecular flexibility index (Phi) is 5.38. The summed E-state index contributed by atoms with van der Waals surface area (Å²) in [5.74, 6) is 0.993. The molecule has 0 aliphatic heterocycles. The largest absolute Gasteiger partial charge is 0.494 e. The Morgan fingerprint density at radius 3 is 2.56 bits per heavy atom. The van der Waals surface area contributed by atoms with Crippen LogP contribution in [0.4, 0.5) is 5.00 Å². The number of nitrogens with one attached hydrogen (secondary N) is 1. The first-order chi connectivity index (χ1) is 12.1. The monoisotopic (exact) mass is 358 g/mol. The summed E-state index contributed by atoms with van der Waals surface area (Å²) in [5, 5.41) is 3.61. The number of carbonyl (C=O) groups excluding carboxylic acids is 2. The van der Waals surface area contributed by atoms with E-state index in [-0.39, 0.29) is 17.7 Å². The Morgan fingerprint density at radius 1 is 1.20 bits per heavy atom. The van der Waals surface area contributed by atoms with E-state index >= 15 is 0 Å². The minimum absolute atomic E-state index is 0.0502. The molecule has 0 saturated heterocycles. The highest BCUT2D eigenvalue weighted by molar-refractivity contribution is 7.18. The van der Waals surface area contributed by atoms with Gasteiger partial charge in [-0.25, -0.2) is 0 Å². The number of nitrogens with zero attached hydrogens (tertiary/aromatic N) is 1. The van der Waals surface area contributed by atoms with Crippen molar-refractivity contribution in [1.82, 2.24) is 4.90 Å². The average molecular weight is 358 g/mol. The lowest BCUT2D eigenvalue weighted by atomic mass is 10.2. The number of ether oxygens (including phenoxy) is 1. The maximum atomic E-state index is 12.6. The van der Waals surface area contributed by atoms with E-state index in [4.69, 9.17) is 4.74 Å². The fourth-order valence-electron chi connectivity index (χ4n) is 2.48. The van der Waals surface area contributed by atoms with Gasteiger partial charge in [0.15, 0.2) is 0 Å². The van der Waals surface area contributed by atoms with Gasteiger partial charge in [-0.2, -0.15) is 0 Å². The third kappa shape index (κ3) is 4.60. The second-order valence-corrected chi connectivity index (χ2v) is 7.25. The summed E-state index contributed by atoms with van der Waals surface area (Å²) >= 11 is 1.32. The summed E-state index contributed by atoms with van der Waals surface area (Å²) in [5.41, 5.74) is 1.04. The number of thiophene rings is 1. The maximum Gasteiger partial charge on any atom is 0.264 e.